The molecule has 1 fully saturated rings. The molecular weight excluding hydrogens is 332 g/mol. The Balaban J connectivity index is 1.38. The fraction of sp³-hybridized carbons (Fsp3) is 0.421. The topological polar surface area (TPSA) is 82.2 Å². The third-order valence-electron chi connectivity index (χ3n) is 4.73. The van der Waals surface area contributed by atoms with E-state index in [4.69, 9.17) is 9.15 Å². The van der Waals surface area contributed by atoms with Crippen LogP contribution in [0.5, 0.6) is 0 Å². The lowest BCUT2D eigenvalue weighted by Gasteiger charge is -2.23. The molecule has 136 valence electrons. The minimum absolute atomic E-state index is 0.125. The molecule has 0 aromatic carbocycles. The highest BCUT2D eigenvalue weighted by Gasteiger charge is 2.19. The maximum Gasteiger partial charge on any atom is 0.252 e. The van der Waals surface area contributed by atoms with Crippen LogP contribution in [-0.4, -0.2) is 40.2 Å². The second-order valence-electron chi connectivity index (χ2n) is 6.50. The van der Waals surface area contributed by atoms with Crippen molar-refractivity contribution in [2.75, 3.05) is 19.8 Å². The molecule has 0 spiro atoms. The summed E-state index contributed by atoms with van der Waals surface area (Å²) in [4.78, 5) is 21.3. The van der Waals surface area contributed by atoms with Crippen molar-refractivity contribution in [2.24, 2.45) is 0 Å². The minimum Gasteiger partial charge on any atom is -0.469 e. The smallest absolute Gasteiger partial charge is 0.252 e. The van der Waals surface area contributed by atoms with Crippen LogP contribution in [0.4, 0.5) is 0 Å². The molecule has 0 saturated carbocycles. The van der Waals surface area contributed by atoms with E-state index in [9.17, 15) is 4.79 Å². The first-order valence-corrected chi connectivity index (χ1v) is 9.02. The largest absolute Gasteiger partial charge is 0.469 e. The Morgan fingerprint density at radius 1 is 1.31 bits per heavy atom. The number of ether oxygens (including phenoxy) is 1. The van der Waals surface area contributed by atoms with Crippen LogP contribution < -0.4 is 5.32 Å². The number of imidazole rings is 1. The van der Waals surface area contributed by atoms with E-state index in [1.165, 1.54) is 0 Å². The van der Waals surface area contributed by atoms with Gasteiger partial charge in [-0.2, -0.15) is 0 Å². The second kappa shape index (κ2) is 7.70. The highest BCUT2D eigenvalue weighted by atomic mass is 16.5. The molecular formula is C19H22N4O3. The lowest BCUT2D eigenvalue weighted by atomic mass is 10.1. The van der Waals surface area contributed by atoms with E-state index in [0.717, 1.165) is 55.8 Å². The number of hydrogen-bond donors (Lipinski definition) is 1. The fourth-order valence-electron chi connectivity index (χ4n) is 3.30. The average molecular weight is 354 g/mol. The molecule has 0 bridgehead atoms. The molecule has 1 N–H and O–H groups in total. The van der Waals surface area contributed by atoms with Crippen molar-refractivity contribution in [3.05, 3.63) is 48.3 Å². The van der Waals surface area contributed by atoms with Gasteiger partial charge in [-0.3, -0.25) is 4.79 Å². The van der Waals surface area contributed by atoms with Crippen molar-refractivity contribution < 1.29 is 13.9 Å². The Morgan fingerprint density at radius 3 is 3.00 bits per heavy atom. The van der Waals surface area contributed by atoms with Gasteiger partial charge in [-0.15, -0.1) is 0 Å². The minimum atomic E-state index is -0.125. The van der Waals surface area contributed by atoms with Crippen LogP contribution >= 0.6 is 0 Å². The maximum absolute atomic E-state index is 12.3. The summed E-state index contributed by atoms with van der Waals surface area (Å²) in [5, 5.41) is 2.92. The van der Waals surface area contributed by atoms with E-state index in [1.54, 1.807) is 18.5 Å². The van der Waals surface area contributed by atoms with Crippen molar-refractivity contribution in [3.63, 3.8) is 0 Å². The highest BCUT2D eigenvalue weighted by Crippen LogP contribution is 2.24. The molecule has 0 unspecified atom stereocenters. The predicted molar refractivity (Wildman–Crippen MR) is 96.0 cm³/mol. The van der Waals surface area contributed by atoms with Crippen molar-refractivity contribution >= 4 is 17.1 Å². The summed E-state index contributed by atoms with van der Waals surface area (Å²) in [7, 11) is 0. The molecule has 3 aromatic rings. The van der Waals surface area contributed by atoms with E-state index in [0.29, 0.717) is 18.2 Å². The first-order valence-electron chi connectivity index (χ1n) is 9.02. The number of furan rings is 1. The lowest BCUT2D eigenvalue weighted by molar-refractivity contribution is 0.0704. The number of aromatic nitrogens is 3. The standard InChI is InChI=1S/C19H22N4O3/c24-19(20-7-1-3-16-4-2-8-26-16)14-11-17-18(21-12-14)23(13-22-17)15-5-9-25-10-6-15/h2,4,8,11-13,15H,1,3,5-7,9-10H2,(H,20,24). The van der Waals surface area contributed by atoms with Gasteiger partial charge in [0.2, 0.25) is 0 Å². The molecule has 0 radical (unpaired) electrons. The lowest BCUT2D eigenvalue weighted by Crippen LogP contribution is -2.25. The summed E-state index contributed by atoms with van der Waals surface area (Å²) < 4.78 is 12.8. The molecule has 7 heteroatoms. The van der Waals surface area contributed by atoms with Gasteiger partial charge in [0.1, 0.15) is 11.3 Å². The molecule has 26 heavy (non-hydrogen) atoms. The first-order chi connectivity index (χ1) is 12.8. The van der Waals surface area contributed by atoms with Gasteiger partial charge < -0.3 is 19.0 Å². The van der Waals surface area contributed by atoms with Crippen molar-refractivity contribution in [2.45, 2.75) is 31.7 Å². The number of amides is 1. The van der Waals surface area contributed by atoms with Crippen LogP contribution in [0.15, 0.2) is 41.4 Å². The van der Waals surface area contributed by atoms with Gasteiger partial charge in [0.15, 0.2) is 5.65 Å². The zero-order valence-corrected chi connectivity index (χ0v) is 14.6. The zero-order valence-electron chi connectivity index (χ0n) is 14.6. The molecule has 4 heterocycles. The van der Waals surface area contributed by atoms with Crippen LogP contribution in [-0.2, 0) is 11.2 Å². The number of nitrogens with one attached hydrogen (secondary N) is 1. The Bertz CT molecular complexity index is 866. The molecule has 3 aromatic heterocycles. The number of rotatable bonds is 6. The van der Waals surface area contributed by atoms with Crippen molar-refractivity contribution in [3.8, 4) is 0 Å². The number of fused-ring (bicyclic) bond motifs is 1. The summed E-state index contributed by atoms with van der Waals surface area (Å²) in [6.45, 7) is 2.12. The molecule has 0 aliphatic carbocycles. The van der Waals surface area contributed by atoms with Gasteiger partial charge in [0.25, 0.3) is 5.91 Å². The molecule has 1 amide bonds. The highest BCUT2D eigenvalue weighted by molar-refractivity contribution is 5.96. The SMILES string of the molecule is O=C(NCCCc1ccco1)c1cnc2c(c1)ncn2C1CCOCC1. The van der Waals surface area contributed by atoms with E-state index in [2.05, 4.69) is 19.9 Å². The van der Waals surface area contributed by atoms with Crippen molar-refractivity contribution in [1.82, 2.24) is 19.9 Å². The zero-order chi connectivity index (χ0) is 17.8. The van der Waals surface area contributed by atoms with Crippen molar-refractivity contribution in [1.29, 1.82) is 0 Å². The number of carbonyl (C=O) groups is 1. The van der Waals surface area contributed by atoms with E-state index >= 15 is 0 Å². The Hall–Kier alpha value is -2.67. The summed E-state index contributed by atoms with van der Waals surface area (Å²) in [5.74, 6) is 0.806. The molecule has 0 atom stereocenters. The summed E-state index contributed by atoms with van der Waals surface area (Å²) in [6, 6.07) is 5.98. The first kappa shape index (κ1) is 16.8. The number of aryl methyl sites for hydroxylation is 1. The van der Waals surface area contributed by atoms with Crippen LogP contribution in [0.25, 0.3) is 11.2 Å². The molecule has 1 aliphatic heterocycles. The summed E-state index contributed by atoms with van der Waals surface area (Å²) in [5.41, 5.74) is 2.11. The molecule has 4 rings (SSSR count). The Kier molecular flexibility index (Phi) is 4.97. The third-order valence-corrected chi connectivity index (χ3v) is 4.73. The number of hydrogen-bond acceptors (Lipinski definition) is 5. The van der Waals surface area contributed by atoms with Gasteiger partial charge in [-0.05, 0) is 37.5 Å². The van der Waals surface area contributed by atoms with Crippen LogP contribution in [0, 0.1) is 0 Å². The molecule has 1 aliphatic rings. The summed E-state index contributed by atoms with van der Waals surface area (Å²) in [6.07, 6.45) is 8.66. The van der Waals surface area contributed by atoms with Gasteiger partial charge >= 0.3 is 0 Å². The van der Waals surface area contributed by atoms with Gasteiger partial charge in [0, 0.05) is 38.4 Å². The summed E-state index contributed by atoms with van der Waals surface area (Å²) >= 11 is 0. The Labute approximate surface area is 151 Å². The molecule has 7 nitrogen and oxygen atoms in total. The third kappa shape index (κ3) is 3.62. The van der Waals surface area contributed by atoms with Crippen LogP contribution in [0.3, 0.4) is 0 Å². The maximum atomic E-state index is 12.3. The van der Waals surface area contributed by atoms with E-state index in [-0.39, 0.29) is 5.91 Å². The number of carbonyl (C=O) groups excluding carboxylic acids is 1. The van der Waals surface area contributed by atoms with Gasteiger partial charge in [0.05, 0.1) is 18.2 Å². The Morgan fingerprint density at radius 2 is 2.19 bits per heavy atom. The number of pyridine rings is 1. The van der Waals surface area contributed by atoms with E-state index in [1.807, 2.05) is 18.5 Å². The van der Waals surface area contributed by atoms with E-state index < -0.39 is 0 Å². The van der Waals surface area contributed by atoms with Crippen LogP contribution in [0.1, 0.15) is 41.4 Å². The molecule has 1 saturated heterocycles. The number of nitrogens with zero attached hydrogens (tertiary/aromatic N) is 3. The fourth-order valence-corrected chi connectivity index (χ4v) is 3.30. The quantitative estimate of drug-likeness (QED) is 0.688. The van der Waals surface area contributed by atoms with Gasteiger partial charge in [-0.25, -0.2) is 9.97 Å². The normalized spacial score (nSPS) is 15.4. The van der Waals surface area contributed by atoms with Gasteiger partial charge in [-0.1, -0.05) is 0 Å². The average Bonchev–Trinajstić information content (AvgIpc) is 3.35. The monoisotopic (exact) mass is 354 g/mol. The second-order valence-corrected chi connectivity index (χ2v) is 6.50. The van der Waals surface area contributed by atoms with Crippen LogP contribution in [0.2, 0.25) is 0 Å². The predicted octanol–water partition coefficient (Wildman–Crippen LogP) is 2.74.